The second-order valence-electron chi connectivity index (χ2n) is 7.10. The Kier molecular flexibility index (Phi) is 5.77. The van der Waals surface area contributed by atoms with Crippen molar-refractivity contribution < 1.29 is 24.1 Å². The molecule has 2 aromatic carbocycles. The van der Waals surface area contributed by atoms with Crippen LogP contribution < -0.4 is 0 Å². The third kappa shape index (κ3) is 4.52. The highest BCUT2D eigenvalue weighted by Crippen LogP contribution is 2.34. The van der Waals surface area contributed by atoms with Crippen molar-refractivity contribution in [1.29, 1.82) is 10.8 Å². The average molecular weight is 444 g/mol. The van der Waals surface area contributed by atoms with Gasteiger partial charge in [0.05, 0.1) is 11.3 Å². The molecule has 9 heteroatoms. The fourth-order valence-electron chi connectivity index (χ4n) is 3.30. The van der Waals surface area contributed by atoms with Gasteiger partial charge in [-0.1, -0.05) is 24.3 Å². The van der Waals surface area contributed by atoms with Crippen LogP contribution in [0.2, 0.25) is 0 Å². The zero-order valence-corrected chi connectivity index (χ0v) is 17.0. The first kappa shape index (κ1) is 21.6. The molecule has 4 rings (SSSR count). The molecule has 0 aliphatic heterocycles. The number of aromatic carboxylic acids is 1. The summed E-state index contributed by atoms with van der Waals surface area (Å²) in [5.74, 6) is -2.80. The number of carboxylic acid groups (broad SMARTS) is 1. The monoisotopic (exact) mass is 444 g/mol. The molecule has 0 unspecified atom stereocenters. The summed E-state index contributed by atoms with van der Waals surface area (Å²) in [6.45, 7) is 0. The van der Waals surface area contributed by atoms with Crippen LogP contribution in [0, 0.1) is 16.6 Å². The third-order valence-electron chi connectivity index (χ3n) is 4.84. The molecular formula is C24H17FN4O4. The van der Waals surface area contributed by atoms with Gasteiger partial charge in [-0.15, -0.1) is 0 Å². The van der Waals surface area contributed by atoms with Crippen LogP contribution in [0.4, 0.5) is 4.39 Å². The minimum Gasteiger partial charge on any atom is -0.504 e. The van der Waals surface area contributed by atoms with Crippen molar-refractivity contribution in [3.05, 3.63) is 89.5 Å². The van der Waals surface area contributed by atoms with Gasteiger partial charge in [0.2, 0.25) is 5.90 Å². The van der Waals surface area contributed by atoms with Gasteiger partial charge in [-0.3, -0.25) is 15.8 Å². The highest BCUT2D eigenvalue weighted by atomic mass is 19.1. The van der Waals surface area contributed by atoms with Crippen molar-refractivity contribution >= 4 is 28.7 Å². The lowest BCUT2D eigenvalue weighted by Gasteiger charge is -2.13. The van der Waals surface area contributed by atoms with Gasteiger partial charge < -0.3 is 14.9 Å². The smallest absolute Gasteiger partial charge is 0.335 e. The Bertz CT molecular complexity index is 1400. The Morgan fingerprint density at radius 3 is 2.55 bits per heavy atom. The lowest BCUT2D eigenvalue weighted by molar-refractivity contribution is 0.0697. The SMILES string of the molecule is N=C(Cc1ccc(F)cc1)OC(=N)c1nc(-c2cccc(C(=O)O)c2)c2cccnc2c1O. The highest BCUT2D eigenvalue weighted by molar-refractivity contribution is 6.06. The molecule has 8 nitrogen and oxygen atoms in total. The van der Waals surface area contributed by atoms with Crippen LogP contribution >= 0.6 is 0 Å². The van der Waals surface area contributed by atoms with E-state index in [1.807, 2.05) is 0 Å². The van der Waals surface area contributed by atoms with E-state index >= 15 is 0 Å². The van der Waals surface area contributed by atoms with Crippen LogP contribution in [0.25, 0.3) is 22.2 Å². The number of carboxylic acids is 1. The molecule has 0 atom stereocenters. The standard InChI is InChI=1S/C24H17FN4O4/c25-16-8-6-13(7-9-16)11-18(26)33-23(27)21-22(30)20-17(5-2-10-28-20)19(29-21)14-3-1-4-15(12-14)24(31)32/h1-10,12,26-27,30H,11H2,(H,31,32). The number of carbonyl (C=O) groups is 1. The Morgan fingerprint density at radius 1 is 1.06 bits per heavy atom. The zero-order chi connectivity index (χ0) is 23.5. The van der Waals surface area contributed by atoms with Gasteiger partial charge in [-0.25, -0.2) is 14.2 Å². The van der Waals surface area contributed by atoms with Crippen molar-refractivity contribution in [1.82, 2.24) is 9.97 Å². The first-order valence-corrected chi connectivity index (χ1v) is 9.73. The van der Waals surface area contributed by atoms with Crippen molar-refractivity contribution in [3.8, 4) is 17.0 Å². The number of pyridine rings is 2. The van der Waals surface area contributed by atoms with Gasteiger partial charge in [-0.05, 0) is 42.0 Å². The van der Waals surface area contributed by atoms with Crippen LogP contribution in [0.5, 0.6) is 5.75 Å². The number of aromatic hydroxyl groups is 1. The van der Waals surface area contributed by atoms with Crippen LogP contribution in [-0.4, -0.2) is 37.9 Å². The van der Waals surface area contributed by atoms with Crippen LogP contribution in [0.1, 0.15) is 21.6 Å². The van der Waals surface area contributed by atoms with E-state index in [1.54, 1.807) is 24.3 Å². The zero-order valence-electron chi connectivity index (χ0n) is 17.0. The first-order chi connectivity index (χ1) is 15.8. The van der Waals surface area contributed by atoms with E-state index in [2.05, 4.69) is 9.97 Å². The van der Waals surface area contributed by atoms with E-state index in [1.165, 1.54) is 42.6 Å². The van der Waals surface area contributed by atoms with E-state index < -0.39 is 23.4 Å². The molecule has 4 aromatic rings. The van der Waals surface area contributed by atoms with Gasteiger partial charge in [-0.2, -0.15) is 0 Å². The van der Waals surface area contributed by atoms with Gasteiger partial charge in [0.1, 0.15) is 11.3 Å². The average Bonchev–Trinajstić information content (AvgIpc) is 2.81. The number of rotatable bonds is 5. The van der Waals surface area contributed by atoms with Gasteiger partial charge in [0.15, 0.2) is 17.3 Å². The Labute approximate surface area is 187 Å². The lowest BCUT2D eigenvalue weighted by atomic mass is 10.0. The second-order valence-corrected chi connectivity index (χ2v) is 7.10. The molecule has 0 fully saturated rings. The maximum absolute atomic E-state index is 13.1. The van der Waals surface area contributed by atoms with Crippen molar-refractivity contribution in [2.75, 3.05) is 0 Å². The lowest BCUT2D eigenvalue weighted by Crippen LogP contribution is -2.16. The number of benzene rings is 2. The van der Waals surface area contributed by atoms with Gasteiger partial charge in [0.25, 0.3) is 0 Å². The number of nitrogens with zero attached hydrogens (tertiary/aromatic N) is 2. The van der Waals surface area contributed by atoms with Crippen molar-refractivity contribution in [2.45, 2.75) is 6.42 Å². The van der Waals surface area contributed by atoms with Crippen LogP contribution in [-0.2, 0) is 11.2 Å². The summed E-state index contributed by atoms with van der Waals surface area (Å²) in [7, 11) is 0. The number of nitrogens with one attached hydrogen (secondary N) is 2. The highest BCUT2D eigenvalue weighted by Gasteiger charge is 2.21. The van der Waals surface area contributed by atoms with E-state index in [4.69, 9.17) is 15.6 Å². The number of halogens is 1. The fourth-order valence-corrected chi connectivity index (χ4v) is 3.30. The van der Waals surface area contributed by atoms with E-state index in [-0.39, 0.29) is 29.1 Å². The number of ether oxygens (including phenoxy) is 1. The van der Waals surface area contributed by atoms with Gasteiger partial charge >= 0.3 is 5.97 Å². The Hall–Kier alpha value is -4.66. The molecule has 4 N–H and O–H groups in total. The molecule has 0 saturated carbocycles. The molecule has 0 radical (unpaired) electrons. The molecule has 0 amide bonds. The second kappa shape index (κ2) is 8.83. The minimum atomic E-state index is -1.11. The third-order valence-corrected chi connectivity index (χ3v) is 4.84. The molecule has 0 spiro atoms. The topological polar surface area (TPSA) is 140 Å². The summed E-state index contributed by atoms with van der Waals surface area (Å²) in [4.78, 5) is 19.9. The molecule has 33 heavy (non-hydrogen) atoms. The summed E-state index contributed by atoms with van der Waals surface area (Å²) in [5, 5.41) is 36.8. The summed E-state index contributed by atoms with van der Waals surface area (Å²) < 4.78 is 18.4. The summed E-state index contributed by atoms with van der Waals surface area (Å²) in [6, 6.07) is 14.9. The predicted octanol–water partition coefficient (Wildman–Crippen LogP) is 4.40. The molecule has 2 heterocycles. The molecule has 0 aliphatic carbocycles. The maximum atomic E-state index is 13.1. The number of fused-ring (bicyclic) bond motifs is 1. The molecular weight excluding hydrogens is 427 g/mol. The first-order valence-electron chi connectivity index (χ1n) is 9.73. The molecule has 2 aromatic heterocycles. The summed E-state index contributed by atoms with van der Waals surface area (Å²) in [5.41, 5.74) is 1.30. The summed E-state index contributed by atoms with van der Waals surface area (Å²) >= 11 is 0. The van der Waals surface area contributed by atoms with Crippen LogP contribution in [0.3, 0.4) is 0 Å². The van der Waals surface area contributed by atoms with Gasteiger partial charge in [0, 0.05) is 23.6 Å². The van der Waals surface area contributed by atoms with Crippen molar-refractivity contribution in [3.63, 3.8) is 0 Å². The normalized spacial score (nSPS) is 10.7. The van der Waals surface area contributed by atoms with E-state index in [9.17, 15) is 19.4 Å². The quantitative estimate of drug-likeness (QED) is 0.266. The summed E-state index contributed by atoms with van der Waals surface area (Å²) in [6.07, 6.45) is 1.47. The molecule has 0 saturated heterocycles. The largest absolute Gasteiger partial charge is 0.504 e. The molecule has 164 valence electrons. The number of hydrogen-bond donors (Lipinski definition) is 4. The Morgan fingerprint density at radius 2 is 1.82 bits per heavy atom. The maximum Gasteiger partial charge on any atom is 0.335 e. The molecule has 0 aliphatic rings. The van der Waals surface area contributed by atoms with E-state index in [0.29, 0.717) is 22.2 Å². The predicted molar refractivity (Wildman–Crippen MR) is 119 cm³/mol. The van der Waals surface area contributed by atoms with Crippen LogP contribution in [0.15, 0.2) is 66.9 Å². The number of hydrogen-bond acceptors (Lipinski definition) is 7. The minimum absolute atomic E-state index is 0.00275. The van der Waals surface area contributed by atoms with Crippen molar-refractivity contribution in [2.24, 2.45) is 0 Å². The molecule has 0 bridgehead atoms. The van der Waals surface area contributed by atoms with E-state index in [0.717, 1.165) is 0 Å². The fraction of sp³-hybridized carbons (Fsp3) is 0.0417. The number of aromatic nitrogens is 2. The Balaban J connectivity index is 1.72.